The number of aliphatic hydroxyl groups excluding tert-OH is 2. The molecular weight excluding hydrogens is 719 g/mol. The molecule has 2 heterocycles. The van der Waals surface area contributed by atoms with Crippen LogP contribution in [0.25, 0.3) is 11.1 Å². The molecule has 3 aliphatic rings. The molecule has 11 nitrogen and oxygen atoms in total. The Kier molecular flexibility index (Phi) is 15.1. The van der Waals surface area contributed by atoms with Crippen molar-refractivity contribution in [3.8, 4) is 16.9 Å². The number of nitrogens with one attached hydrogen (secondary N) is 2. The largest absolute Gasteiger partial charge is 0.496 e. The van der Waals surface area contributed by atoms with Crippen LogP contribution in [0.3, 0.4) is 0 Å². The van der Waals surface area contributed by atoms with Gasteiger partial charge in [0.05, 0.1) is 26.4 Å². The number of anilines is 1. The smallest absolute Gasteiger partial charge is 0.251 e. The highest BCUT2D eigenvalue weighted by atomic mass is 16.7. The van der Waals surface area contributed by atoms with Crippen molar-refractivity contribution in [2.45, 2.75) is 124 Å². The second-order valence-corrected chi connectivity index (χ2v) is 18.8. The van der Waals surface area contributed by atoms with Crippen molar-refractivity contribution in [2.24, 2.45) is 35.0 Å². The summed E-state index contributed by atoms with van der Waals surface area (Å²) in [7, 11) is 5.70. The predicted octanol–water partition coefficient (Wildman–Crippen LogP) is 6.36. The zero-order valence-corrected chi connectivity index (χ0v) is 36.7. The molecule has 318 valence electrons. The van der Waals surface area contributed by atoms with Crippen LogP contribution in [0.2, 0.25) is 0 Å². The summed E-state index contributed by atoms with van der Waals surface area (Å²) in [5.74, 6) is 1.15. The van der Waals surface area contributed by atoms with Gasteiger partial charge in [-0.2, -0.15) is 5.06 Å². The summed E-state index contributed by atoms with van der Waals surface area (Å²) in [5.41, 5.74) is 4.22. The van der Waals surface area contributed by atoms with Gasteiger partial charge in [-0.3, -0.25) is 14.4 Å². The highest BCUT2D eigenvalue weighted by Gasteiger charge is 2.51. The number of rotatable bonds is 15. The van der Waals surface area contributed by atoms with Crippen molar-refractivity contribution < 1.29 is 29.4 Å². The van der Waals surface area contributed by atoms with Crippen molar-refractivity contribution in [2.75, 3.05) is 52.3 Å². The molecular formula is C46H73N5O6. The standard InChI is InChI=1S/C46H73N5O6/c1-28(2)20-36(26-49(9)10)47-44(54)35-22-34(23-37(24-35)50-18-13-12-14-19-50)38-17-15-16-33(43(38)56-11)25-51-42(41(32(6)53)40(27-52)57-51)45(55)48-39-21-29(3)46(7,8)31(5)30(39)4/h15-17,22-24,28-32,36,39-42,52-53H,12-14,18-21,25-27H2,1-11H3,(H,47,54)(H,48,55)/t29-,30+,31+,32+,36+,39+,40+,41-,42+/m1/s1. The molecule has 1 aliphatic carbocycles. The lowest BCUT2D eigenvalue weighted by molar-refractivity contribution is -0.182. The van der Waals surface area contributed by atoms with E-state index in [1.807, 2.05) is 44.4 Å². The number of carbonyl (C=O) groups is 2. The fraction of sp³-hybridized carbons (Fsp3) is 0.696. The average molecular weight is 792 g/mol. The van der Waals surface area contributed by atoms with Gasteiger partial charge in [-0.05, 0) is 106 Å². The number of piperidine rings is 1. The third-order valence-corrected chi connectivity index (χ3v) is 13.7. The molecule has 0 unspecified atom stereocenters. The van der Waals surface area contributed by atoms with Gasteiger partial charge in [-0.25, -0.2) is 0 Å². The number of amides is 2. The van der Waals surface area contributed by atoms with Crippen molar-refractivity contribution in [1.29, 1.82) is 0 Å². The number of aliphatic hydroxyl groups is 2. The molecule has 5 rings (SSSR count). The van der Waals surface area contributed by atoms with E-state index in [0.29, 0.717) is 29.1 Å². The Morgan fingerprint density at radius 3 is 2.37 bits per heavy atom. The molecule has 0 spiro atoms. The Morgan fingerprint density at radius 1 is 1.05 bits per heavy atom. The molecule has 57 heavy (non-hydrogen) atoms. The van der Waals surface area contributed by atoms with Crippen molar-refractivity contribution in [3.63, 3.8) is 0 Å². The van der Waals surface area contributed by atoms with Gasteiger partial charge in [-0.1, -0.05) is 66.7 Å². The Bertz CT molecular complexity index is 1650. The number of hydrogen-bond acceptors (Lipinski definition) is 9. The topological polar surface area (TPSA) is 127 Å². The van der Waals surface area contributed by atoms with E-state index in [-0.39, 0.29) is 48.4 Å². The second kappa shape index (κ2) is 19.2. The minimum absolute atomic E-state index is 0.00578. The minimum Gasteiger partial charge on any atom is -0.496 e. The summed E-state index contributed by atoms with van der Waals surface area (Å²) in [4.78, 5) is 39.3. The number of hydrogen-bond donors (Lipinski definition) is 4. The molecule has 4 N–H and O–H groups in total. The maximum Gasteiger partial charge on any atom is 0.251 e. The normalized spacial score (nSPS) is 27.7. The summed E-state index contributed by atoms with van der Waals surface area (Å²) in [6.07, 6.45) is 3.47. The second-order valence-electron chi connectivity index (χ2n) is 18.8. The van der Waals surface area contributed by atoms with Gasteiger partial charge >= 0.3 is 0 Å². The first-order chi connectivity index (χ1) is 27.0. The number of carbonyl (C=O) groups excluding carboxylic acids is 2. The molecule has 9 atom stereocenters. The first-order valence-electron chi connectivity index (χ1n) is 21.5. The van der Waals surface area contributed by atoms with Crippen LogP contribution in [-0.4, -0.2) is 110 Å². The Labute approximate surface area is 342 Å². The van der Waals surface area contributed by atoms with Crippen LogP contribution >= 0.6 is 0 Å². The summed E-state index contributed by atoms with van der Waals surface area (Å²) >= 11 is 0. The van der Waals surface area contributed by atoms with Crippen LogP contribution in [0.1, 0.15) is 103 Å². The molecule has 2 aromatic carbocycles. The Morgan fingerprint density at radius 2 is 1.75 bits per heavy atom. The van der Waals surface area contributed by atoms with E-state index in [2.05, 4.69) is 75.0 Å². The van der Waals surface area contributed by atoms with Gasteiger partial charge in [0.2, 0.25) is 5.91 Å². The average Bonchev–Trinajstić information content (AvgIpc) is 3.54. The summed E-state index contributed by atoms with van der Waals surface area (Å²) in [5, 5.41) is 29.8. The molecule has 2 amide bonds. The molecule has 2 aliphatic heterocycles. The van der Waals surface area contributed by atoms with E-state index in [9.17, 15) is 19.8 Å². The molecule has 11 heteroatoms. The maximum atomic E-state index is 14.4. The highest BCUT2D eigenvalue weighted by Crippen LogP contribution is 2.48. The van der Waals surface area contributed by atoms with Gasteiger partial charge in [0.25, 0.3) is 5.91 Å². The van der Waals surface area contributed by atoms with E-state index in [0.717, 1.165) is 67.7 Å². The molecule has 0 radical (unpaired) electrons. The molecule has 0 aromatic heterocycles. The van der Waals surface area contributed by atoms with Crippen LogP contribution in [0.4, 0.5) is 5.69 Å². The lowest BCUT2D eigenvalue weighted by Crippen LogP contribution is -2.56. The first-order valence-corrected chi connectivity index (χ1v) is 21.5. The van der Waals surface area contributed by atoms with Gasteiger partial charge in [0.15, 0.2) is 0 Å². The zero-order chi connectivity index (χ0) is 41.8. The van der Waals surface area contributed by atoms with Crippen molar-refractivity contribution >= 4 is 17.5 Å². The summed E-state index contributed by atoms with van der Waals surface area (Å²) in [6.45, 7) is 19.8. The summed E-state index contributed by atoms with van der Waals surface area (Å²) in [6, 6.07) is 11.2. The van der Waals surface area contributed by atoms with Crippen LogP contribution in [0.15, 0.2) is 36.4 Å². The van der Waals surface area contributed by atoms with Crippen LogP contribution in [0.5, 0.6) is 5.75 Å². The molecule has 2 aromatic rings. The predicted molar refractivity (Wildman–Crippen MR) is 228 cm³/mol. The van der Waals surface area contributed by atoms with Gasteiger partial charge in [0, 0.05) is 60.0 Å². The van der Waals surface area contributed by atoms with E-state index >= 15 is 0 Å². The lowest BCUT2D eigenvalue weighted by atomic mass is 9.58. The first kappa shape index (κ1) is 44.9. The fourth-order valence-corrected chi connectivity index (χ4v) is 9.74. The SMILES string of the molecule is COc1c(CN2O[C@@H](CO)[C@@H]([C@H](C)O)[C@H]2C(=O)N[C@H]2C[C@@H](C)C(C)(C)[C@@H](C)[C@@H]2C)cccc1-c1cc(C(=O)N[C@@H](CC(C)C)CN(C)C)cc(N2CCCCC2)c1. The summed E-state index contributed by atoms with van der Waals surface area (Å²) < 4.78 is 6.18. The van der Waals surface area contributed by atoms with Crippen LogP contribution < -0.4 is 20.3 Å². The molecule has 1 saturated carbocycles. The van der Waals surface area contributed by atoms with Gasteiger partial charge in [0.1, 0.15) is 17.9 Å². The van der Waals surface area contributed by atoms with Crippen LogP contribution in [-0.2, 0) is 16.2 Å². The van der Waals surface area contributed by atoms with Crippen molar-refractivity contribution in [3.05, 3.63) is 47.5 Å². The number of methoxy groups -OCH3 is 1. The van der Waals surface area contributed by atoms with E-state index in [1.165, 1.54) is 6.42 Å². The highest BCUT2D eigenvalue weighted by molar-refractivity contribution is 5.97. The maximum absolute atomic E-state index is 14.4. The van der Waals surface area contributed by atoms with E-state index in [4.69, 9.17) is 9.57 Å². The number of likely N-dealkylation sites (N-methyl/N-ethyl adjacent to an activating group) is 1. The third kappa shape index (κ3) is 10.3. The van der Waals surface area contributed by atoms with Gasteiger partial charge in [-0.15, -0.1) is 0 Å². The Hall–Kier alpha value is -3.22. The fourth-order valence-electron chi connectivity index (χ4n) is 9.74. The minimum atomic E-state index is -0.906. The zero-order valence-electron chi connectivity index (χ0n) is 36.7. The third-order valence-electron chi connectivity index (χ3n) is 13.7. The number of hydroxylamine groups is 2. The van der Waals surface area contributed by atoms with E-state index in [1.54, 1.807) is 19.1 Å². The molecule has 3 fully saturated rings. The Balaban J connectivity index is 1.49. The van der Waals surface area contributed by atoms with Crippen molar-refractivity contribution in [1.82, 2.24) is 20.6 Å². The van der Waals surface area contributed by atoms with Gasteiger partial charge < -0.3 is 35.4 Å². The molecule has 2 saturated heterocycles. The number of ether oxygens (including phenoxy) is 1. The van der Waals surface area contributed by atoms with Crippen LogP contribution in [0, 0.1) is 35.0 Å². The monoisotopic (exact) mass is 792 g/mol. The number of para-hydroxylation sites is 1. The number of benzene rings is 2. The quantitative estimate of drug-likeness (QED) is 0.163. The number of nitrogens with zero attached hydrogens (tertiary/aromatic N) is 3. The lowest BCUT2D eigenvalue weighted by Gasteiger charge is -2.50. The molecule has 0 bridgehead atoms. The van der Waals surface area contributed by atoms with E-state index < -0.39 is 24.2 Å².